The highest BCUT2D eigenvalue weighted by Gasteiger charge is 2.07. The zero-order chi connectivity index (χ0) is 14.7. The lowest BCUT2D eigenvalue weighted by Crippen LogP contribution is -2.01. The van der Waals surface area contributed by atoms with Crippen molar-refractivity contribution in [2.45, 2.75) is 13.8 Å². The first-order valence-electron chi connectivity index (χ1n) is 5.87. The second-order valence-corrected chi connectivity index (χ2v) is 5.91. The van der Waals surface area contributed by atoms with Crippen LogP contribution in [-0.2, 0) is 0 Å². The number of hydrazone groups is 1. The summed E-state index contributed by atoms with van der Waals surface area (Å²) >= 11 is 7.66. The Morgan fingerprint density at radius 2 is 2.10 bits per heavy atom. The third-order valence-corrected chi connectivity index (χ3v) is 4.09. The maximum absolute atomic E-state index is 10.9. The molecule has 0 saturated carbocycles. The molecule has 0 aliphatic carbocycles. The van der Waals surface area contributed by atoms with E-state index in [2.05, 4.69) is 10.5 Å². The Morgan fingerprint density at radius 1 is 1.35 bits per heavy atom. The van der Waals surface area contributed by atoms with E-state index >= 15 is 0 Å². The Morgan fingerprint density at radius 3 is 2.70 bits per heavy atom. The fourth-order valence-corrected chi connectivity index (χ4v) is 2.54. The van der Waals surface area contributed by atoms with Gasteiger partial charge >= 0.3 is 5.97 Å². The normalized spacial score (nSPS) is 11.4. The van der Waals surface area contributed by atoms with Gasteiger partial charge in [0.25, 0.3) is 0 Å². The number of hydrogen-bond donors (Lipinski definition) is 2. The Hall–Kier alpha value is -1.85. The highest BCUT2D eigenvalue weighted by Crippen LogP contribution is 2.23. The molecule has 2 aromatic rings. The first kappa shape index (κ1) is 14.6. The van der Waals surface area contributed by atoms with Crippen molar-refractivity contribution >= 4 is 40.3 Å². The number of thiophene rings is 1. The zero-order valence-electron chi connectivity index (χ0n) is 11.0. The molecule has 104 valence electrons. The van der Waals surface area contributed by atoms with Crippen molar-refractivity contribution in [1.29, 1.82) is 0 Å². The summed E-state index contributed by atoms with van der Waals surface area (Å²) < 4.78 is 0. The molecule has 0 fully saturated rings. The molecule has 2 rings (SSSR count). The number of rotatable bonds is 4. The molecule has 0 atom stereocenters. The van der Waals surface area contributed by atoms with E-state index in [1.807, 2.05) is 26.0 Å². The predicted molar refractivity (Wildman–Crippen MR) is 83.3 cm³/mol. The minimum Gasteiger partial charge on any atom is -0.478 e. The number of halogens is 1. The lowest BCUT2D eigenvalue weighted by Gasteiger charge is -2.05. The monoisotopic (exact) mass is 308 g/mol. The fourth-order valence-electron chi connectivity index (χ4n) is 1.57. The standard InChI is InChI=1S/C14H13ClN2O2S/c1-8-3-6-13(20-8)9(2)16-17-12-7-10(14(18)19)4-5-11(12)15/h3-7,17H,1-2H3,(H,18,19)/b16-9-. The first-order chi connectivity index (χ1) is 9.47. The van der Waals surface area contributed by atoms with Crippen molar-refractivity contribution in [3.05, 3.63) is 50.7 Å². The van der Waals surface area contributed by atoms with E-state index in [9.17, 15) is 4.79 Å². The highest BCUT2D eigenvalue weighted by molar-refractivity contribution is 7.14. The zero-order valence-corrected chi connectivity index (χ0v) is 12.5. The Labute approximate surface area is 125 Å². The first-order valence-corrected chi connectivity index (χ1v) is 7.07. The molecular weight excluding hydrogens is 296 g/mol. The number of aromatic carboxylic acids is 1. The van der Waals surface area contributed by atoms with E-state index in [1.54, 1.807) is 11.3 Å². The molecule has 0 spiro atoms. The fraction of sp³-hybridized carbons (Fsp3) is 0.143. The molecule has 1 aromatic heterocycles. The van der Waals surface area contributed by atoms with Gasteiger partial charge in [-0.1, -0.05) is 11.6 Å². The molecule has 1 aromatic carbocycles. The van der Waals surface area contributed by atoms with Crippen molar-refractivity contribution in [2.24, 2.45) is 5.10 Å². The lowest BCUT2D eigenvalue weighted by molar-refractivity contribution is 0.0697. The van der Waals surface area contributed by atoms with Crippen LogP contribution in [0.2, 0.25) is 5.02 Å². The summed E-state index contributed by atoms with van der Waals surface area (Å²) in [7, 11) is 0. The van der Waals surface area contributed by atoms with Crippen LogP contribution in [0.4, 0.5) is 5.69 Å². The van der Waals surface area contributed by atoms with Gasteiger partial charge < -0.3 is 5.11 Å². The van der Waals surface area contributed by atoms with E-state index in [1.165, 1.54) is 23.1 Å². The second-order valence-electron chi connectivity index (χ2n) is 4.22. The quantitative estimate of drug-likeness (QED) is 0.656. The number of nitrogens with one attached hydrogen (secondary N) is 1. The van der Waals surface area contributed by atoms with Gasteiger partial charge in [-0.05, 0) is 44.2 Å². The molecule has 0 bridgehead atoms. The van der Waals surface area contributed by atoms with Gasteiger partial charge in [-0.2, -0.15) is 5.10 Å². The number of carboxylic acids is 1. The van der Waals surface area contributed by atoms with Gasteiger partial charge in [-0.25, -0.2) is 4.79 Å². The van der Waals surface area contributed by atoms with Gasteiger partial charge in [0.2, 0.25) is 0 Å². The summed E-state index contributed by atoms with van der Waals surface area (Å²) in [4.78, 5) is 13.2. The summed E-state index contributed by atoms with van der Waals surface area (Å²) in [6, 6.07) is 8.47. The summed E-state index contributed by atoms with van der Waals surface area (Å²) in [5.74, 6) is -1.00. The van der Waals surface area contributed by atoms with Crippen molar-refractivity contribution in [2.75, 3.05) is 5.43 Å². The van der Waals surface area contributed by atoms with Gasteiger partial charge in [0.05, 0.1) is 26.9 Å². The van der Waals surface area contributed by atoms with Gasteiger partial charge in [-0.3, -0.25) is 5.43 Å². The minimum absolute atomic E-state index is 0.164. The van der Waals surface area contributed by atoms with Crippen LogP contribution in [0.5, 0.6) is 0 Å². The van der Waals surface area contributed by atoms with Crippen LogP contribution in [0.25, 0.3) is 0 Å². The largest absolute Gasteiger partial charge is 0.478 e. The van der Waals surface area contributed by atoms with Gasteiger partial charge in [0.1, 0.15) is 0 Å². The van der Waals surface area contributed by atoms with E-state index in [4.69, 9.17) is 16.7 Å². The molecule has 6 heteroatoms. The number of benzene rings is 1. The minimum atomic E-state index is -1.00. The number of carboxylic acid groups (broad SMARTS) is 1. The molecule has 4 nitrogen and oxygen atoms in total. The average Bonchev–Trinajstić information content (AvgIpc) is 2.84. The molecule has 0 saturated heterocycles. The third kappa shape index (κ3) is 3.37. The number of hydrogen-bond acceptors (Lipinski definition) is 4. The van der Waals surface area contributed by atoms with E-state index < -0.39 is 5.97 Å². The highest BCUT2D eigenvalue weighted by atomic mass is 35.5. The second kappa shape index (κ2) is 6.07. The van der Waals surface area contributed by atoms with Crippen LogP contribution in [0, 0.1) is 6.92 Å². The van der Waals surface area contributed by atoms with E-state index in [0.717, 1.165) is 10.6 Å². The van der Waals surface area contributed by atoms with Crippen molar-refractivity contribution in [1.82, 2.24) is 0 Å². The maximum Gasteiger partial charge on any atom is 0.335 e. The maximum atomic E-state index is 10.9. The number of anilines is 1. The number of carbonyl (C=O) groups is 1. The predicted octanol–water partition coefficient (Wildman–Crippen LogP) is 4.24. The SMILES string of the molecule is C/C(=N/Nc1cc(C(=O)O)ccc1Cl)c1ccc(C)s1. The van der Waals surface area contributed by atoms with Crippen LogP contribution in [0.3, 0.4) is 0 Å². The van der Waals surface area contributed by atoms with Gasteiger partial charge in [0.15, 0.2) is 0 Å². The van der Waals surface area contributed by atoms with Crippen molar-refractivity contribution < 1.29 is 9.90 Å². The molecule has 2 N–H and O–H groups in total. The Balaban J connectivity index is 2.21. The molecule has 0 radical (unpaired) electrons. The van der Waals surface area contributed by atoms with Crippen molar-refractivity contribution in [3.8, 4) is 0 Å². The lowest BCUT2D eigenvalue weighted by atomic mass is 10.2. The topological polar surface area (TPSA) is 61.7 Å². The summed E-state index contributed by atoms with van der Waals surface area (Å²) in [5, 5.41) is 13.6. The van der Waals surface area contributed by atoms with E-state index in [0.29, 0.717) is 10.7 Å². The molecule has 0 aliphatic rings. The smallest absolute Gasteiger partial charge is 0.335 e. The molecule has 0 aliphatic heterocycles. The Kier molecular flexibility index (Phi) is 4.42. The number of nitrogens with zero attached hydrogens (tertiary/aromatic N) is 1. The molecule has 0 unspecified atom stereocenters. The molecule has 20 heavy (non-hydrogen) atoms. The van der Waals surface area contributed by atoms with Gasteiger partial charge in [-0.15, -0.1) is 11.3 Å². The average molecular weight is 309 g/mol. The van der Waals surface area contributed by atoms with Crippen LogP contribution in [0.1, 0.15) is 27.0 Å². The van der Waals surface area contributed by atoms with Crippen molar-refractivity contribution in [3.63, 3.8) is 0 Å². The summed E-state index contributed by atoms with van der Waals surface area (Å²) in [6.45, 7) is 3.91. The summed E-state index contributed by atoms with van der Waals surface area (Å²) in [6.07, 6.45) is 0. The van der Waals surface area contributed by atoms with Crippen LogP contribution in [-0.4, -0.2) is 16.8 Å². The molecule has 1 heterocycles. The van der Waals surface area contributed by atoms with Gasteiger partial charge in [0, 0.05) is 4.88 Å². The van der Waals surface area contributed by atoms with Crippen LogP contribution < -0.4 is 5.43 Å². The number of aryl methyl sites for hydroxylation is 1. The molecule has 0 amide bonds. The van der Waals surface area contributed by atoms with Crippen LogP contribution in [0.15, 0.2) is 35.4 Å². The third-order valence-electron chi connectivity index (χ3n) is 2.65. The molecular formula is C14H13ClN2O2S. The van der Waals surface area contributed by atoms with Crippen LogP contribution >= 0.6 is 22.9 Å². The Bertz CT molecular complexity index is 680. The van der Waals surface area contributed by atoms with E-state index in [-0.39, 0.29) is 5.56 Å². The summed E-state index contributed by atoms with van der Waals surface area (Å²) in [5.41, 5.74) is 4.27.